The van der Waals surface area contributed by atoms with E-state index in [1.54, 1.807) is 7.11 Å². The SMILES string of the molecule is C=C(OC)c1cccc(-c2ccc(-c3ccc(CC)cc3)cc2)c1. The van der Waals surface area contributed by atoms with E-state index in [-0.39, 0.29) is 0 Å². The highest BCUT2D eigenvalue weighted by Crippen LogP contribution is 2.27. The standard InChI is InChI=1S/C23H22O/c1-4-18-8-10-19(11-9-18)20-12-14-21(15-13-20)23-7-5-6-22(16-23)17(2)24-3/h5-16H,2,4H2,1,3H3. The summed E-state index contributed by atoms with van der Waals surface area (Å²) in [5, 5.41) is 0. The number of ether oxygens (including phenoxy) is 1. The second kappa shape index (κ2) is 7.18. The summed E-state index contributed by atoms with van der Waals surface area (Å²) in [7, 11) is 1.65. The Bertz CT molecular complexity index is 827. The van der Waals surface area contributed by atoms with Crippen molar-refractivity contribution in [3.63, 3.8) is 0 Å². The van der Waals surface area contributed by atoms with Gasteiger partial charge in [0.05, 0.1) is 7.11 Å². The van der Waals surface area contributed by atoms with E-state index >= 15 is 0 Å². The summed E-state index contributed by atoms with van der Waals surface area (Å²) in [6.45, 7) is 6.10. The van der Waals surface area contributed by atoms with Gasteiger partial charge in [0.25, 0.3) is 0 Å². The molecule has 0 aliphatic rings. The van der Waals surface area contributed by atoms with E-state index < -0.39 is 0 Å². The van der Waals surface area contributed by atoms with Crippen molar-refractivity contribution in [3.05, 3.63) is 90.5 Å². The molecular formula is C23H22O. The lowest BCUT2D eigenvalue weighted by Gasteiger charge is -2.09. The summed E-state index contributed by atoms with van der Waals surface area (Å²) in [4.78, 5) is 0. The Morgan fingerprint density at radius 2 is 1.33 bits per heavy atom. The monoisotopic (exact) mass is 314 g/mol. The fourth-order valence-electron chi connectivity index (χ4n) is 2.78. The van der Waals surface area contributed by atoms with E-state index in [1.807, 2.05) is 12.1 Å². The van der Waals surface area contributed by atoms with E-state index in [2.05, 4.69) is 74.2 Å². The van der Waals surface area contributed by atoms with Gasteiger partial charge in [0.15, 0.2) is 0 Å². The van der Waals surface area contributed by atoms with Crippen molar-refractivity contribution in [1.82, 2.24) is 0 Å². The zero-order valence-electron chi connectivity index (χ0n) is 14.3. The van der Waals surface area contributed by atoms with Crippen molar-refractivity contribution in [1.29, 1.82) is 0 Å². The van der Waals surface area contributed by atoms with Crippen LogP contribution in [0.3, 0.4) is 0 Å². The summed E-state index contributed by atoms with van der Waals surface area (Å²) in [5.41, 5.74) is 7.21. The minimum Gasteiger partial charge on any atom is -0.497 e. The fourth-order valence-corrected chi connectivity index (χ4v) is 2.78. The summed E-state index contributed by atoms with van der Waals surface area (Å²) in [5.74, 6) is 0.685. The molecule has 24 heavy (non-hydrogen) atoms. The molecule has 3 rings (SSSR count). The molecule has 1 nitrogen and oxygen atoms in total. The maximum absolute atomic E-state index is 5.23. The molecule has 0 amide bonds. The number of rotatable bonds is 5. The third-order valence-corrected chi connectivity index (χ3v) is 4.34. The molecule has 1 heteroatoms. The van der Waals surface area contributed by atoms with Gasteiger partial charge in [-0.15, -0.1) is 0 Å². The first-order chi connectivity index (χ1) is 11.7. The Balaban J connectivity index is 1.87. The largest absolute Gasteiger partial charge is 0.497 e. The van der Waals surface area contributed by atoms with E-state index in [4.69, 9.17) is 4.74 Å². The molecule has 0 saturated carbocycles. The average molecular weight is 314 g/mol. The van der Waals surface area contributed by atoms with Crippen LogP contribution in [0.25, 0.3) is 28.0 Å². The minimum absolute atomic E-state index is 0.685. The van der Waals surface area contributed by atoms with E-state index in [0.29, 0.717) is 5.76 Å². The Hall–Kier alpha value is -2.80. The number of hydrogen-bond donors (Lipinski definition) is 0. The van der Waals surface area contributed by atoms with Crippen LogP contribution in [0.2, 0.25) is 0 Å². The molecule has 0 atom stereocenters. The van der Waals surface area contributed by atoms with Crippen LogP contribution in [0.5, 0.6) is 0 Å². The van der Waals surface area contributed by atoms with Gasteiger partial charge in [0.1, 0.15) is 5.76 Å². The predicted molar refractivity (Wildman–Crippen MR) is 103 cm³/mol. The zero-order valence-corrected chi connectivity index (χ0v) is 14.3. The lowest BCUT2D eigenvalue weighted by molar-refractivity contribution is 0.371. The van der Waals surface area contributed by atoms with Crippen LogP contribution in [-0.2, 0) is 11.2 Å². The zero-order chi connectivity index (χ0) is 16.9. The van der Waals surface area contributed by atoms with E-state index in [9.17, 15) is 0 Å². The smallest absolute Gasteiger partial charge is 0.118 e. The van der Waals surface area contributed by atoms with E-state index in [0.717, 1.165) is 12.0 Å². The molecular weight excluding hydrogens is 292 g/mol. The molecule has 0 heterocycles. The van der Waals surface area contributed by atoms with Gasteiger partial charge in [-0.05, 0) is 40.3 Å². The highest BCUT2D eigenvalue weighted by Gasteiger charge is 2.04. The van der Waals surface area contributed by atoms with Gasteiger partial charge >= 0.3 is 0 Å². The number of benzene rings is 3. The molecule has 0 aliphatic heterocycles. The first kappa shape index (κ1) is 16.1. The van der Waals surface area contributed by atoms with Gasteiger partial charge in [-0.3, -0.25) is 0 Å². The van der Waals surface area contributed by atoms with Crippen molar-refractivity contribution in [2.24, 2.45) is 0 Å². The Labute approximate surface area is 144 Å². The Kier molecular flexibility index (Phi) is 4.81. The van der Waals surface area contributed by atoms with E-state index in [1.165, 1.54) is 27.8 Å². The molecule has 0 fully saturated rings. The van der Waals surface area contributed by atoms with Gasteiger partial charge in [-0.2, -0.15) is 0 Å². The molecule has 0 radical (unpaired) electrons. The summed E-state index contributed by atoms with van der Waals surface area (Å²) in [6, 6.07) is 25.7. The van der Waals surface area contributed by atoms with Gasteiger partial charge < -0.3 is 4.74 Å². The van der Waals surface area contributed by atoms with Gasteiger partial charge in [0.2, 0.25) is 0 Å². The molecule has 0 saturated heterocycles. The highest BCUT2D eigenvalue weighted by atomic mass is 16.5. The van der Waals surface area contributed by atoms with Crippen LogP contribution < -0.4 is 0 Å². The Morgan fingerprint density at radius 3 is 1.88 bits per heavy atom. The molecule has 0 bridgehead atoms. The lowest BCUT2D eigenvalue weighted by Crippen LogP contribution is -1.87. The van der Waals surface area contributed by atoms with Crippen molar-refractivity contribution < 1.29 is 4.74 Å². The molecule has 0 N–H and O–H groups in total. The first-order valence-electron chi connectivity index (χ1n) is 8.24. The van der Waals surface area contributed by atoms with Crippen molar-refractivity contribution >= 4 is 5.76 Å². The lowest BCUT2D eigenvalue weighted by atomic mass is 9.98. The van der Waals surface area contributed by atoms with Crippen molar-refractivity contribution in [2.45, 2.75) is 13.3 Å². The molecule has 0 spiro atoms. The van der Waals surface area contributed by atoms with Gasteiger partial charge in [-0.25, -0.2) is 0 Å². The van der Waals surface area contributed by atoms with Crippen molar-refractivity contribution in [2.75, 3.05) is 7.11 Å². The van der Waals surface area contributed by atoms with Crippen LogP contribution in [0.4, 0.5) is 0 Å². The van der Waals surface area contributed by atoms with Crippen LogP contribution >= 0.6 is 0 Å². The third-order valence-electron chi connectivity index (χ3n) is 4.34. The summed E-state index contributed by atoms with van der Waals surface area (Å²) < 4.78 is 5.23. The maximum Gasteiger partial charge on any atom is 0.118 e. The molecule has 0 unspecified atom stereocenters. The maximum atomic E-state index is 5.23. The quantitative estimate of drug-likeness (QED) is 0.509. The number of hydrogen-bond acceptors (Lipinski definition) is 1. The Morgan fingerprint density at radius 1 is 0.792 bits per heavy atom. The molecule has 0 aliphatic carbocycles. The second-order valence-corrected chi connectivity index (χ2v) is 5.84. The third kappa shape index (κ3) is 3.41. The normalized spacial score (nSPS) is 10.4. The fraction of sp³-hybridized carbons (Fsp3) is 0.130. The molecule has 0 aromatic heterocycles. The number of aryl methyl sites for hydroxylation is 1. The molecule has 120 valence electrons. The summed E-state index contributed by atoms with van der Waals surface area (Å²) >= 11 is 0. The average Bonchev–Trinajstić information content (AvgIpc) is 2.67. The second-order valence-electron chi connectivity index (χ2n) is 5.84. The van der Waals surface area contributed by atoms with Gasteiger partial charge in [0, 0.05) is 5.56 Å². The first-order valence-corrected chi connectivity index (χ1v) is 8.24. The van der Waals surface area contributed by atoms with Crippen LogP contribution in [0, 0.1) is 0 Å². The predicted octanol–water partition coefficient (Wildman–Crippen LogP) is 6.20. The molecule has 3 aromatic carbocycles. The highest BCUT2D eigenvalue weighted by molar-refractivity contribution is 5.73. The van der Waals surface area contributed by atoms with Crippen molar-refractivity contribution in [3.8, 4) is 22.3 Å². The minimum atomic E-state index is 0.685. The molecule has 3 aromatic rings. The van der Waals surface area contributed by atoms with Gasteiger partial charge in [-0.1, -0.05) is 80.2 Å². The number of methoxy groups -OCH3 is 1. The van der Waals surface area contributed by atoms with Crippen LogP contribution in [0.15, 0.2) is 79.4 Å². The van der Waals surface area contributed by atoms with Crippen LogP contribution in [0.1, 0.15) is 18.1 Å². The summed E-state index contributed by atoms with van der Waals surface area (Å²) in [6.07, 6.45) is 1.07. The topological polar surface area (TPSA) is 9.23 Å². The van der Waals surface area contributed by atoms with Crippen LogP contribution in [-0.4, -0.2) is 7.11 Å².